The minimum absolute atomic E-state index is 0.355. The van der Waals surface area contributed by atoms with Crippen molar-refractivity contribution in [3.05, 3.63) is 24.3 Å². The summed E-state index contributed by atoms with van der Waals surface area (Å²) in [5.41, 5.74) is 1.21. The molecule has 1 aliphatic heterocycles. The predicted molar refractivity (Wildman–Crippen MR) is 47.5 cm³/mol. The van der Waals surface area contributed by atoms with E-state index in [0.29, 0.717) is 18.1 Å². The van der Waals surface area contributed by atoms with E-state index < -0.39 is 0 Å². The summed E-state index contributed by atoms with van der Waals surface area (Å²) in [6.07, 6.45) is 4.80. The summed E-state index contributed by atoms with van der Waals surface area (Å²) in [7, 11) is 0. The molecule has 1 aliphatic rings. The van der Waals surface area contributed by atoms with Crippen molar-refractivity contribution < 1.29 is 4.74 Å². The SMILES string of the molecule is C=CC(C)=CC1OC1C(C)C. The Morgan fingerprint density at radius 3 is 2.55 bits per heavy atom. The summed E-state index contributed by atoms with van der Waals surface area (Å²) in [6.45, 7) is 10.1. The third-order valence-corrected chi connectivity index (χ3v) is 1.97. The molecule has 1 heteroatoms. The molecule has 1 fully saturated rings. The third-order valence-electron chi connectivity index (χ3n) is 1.97. The molecule has 0 bridgehead atoms. The maximum Gasteiger partial charge on any atom is 0.103 e. The van der Waals surface area contributed by atoms with Crippen LogP contribution in [0, 0.1) is 5.92 Å². The molecule has 0 spiro atoms. The second kappa shape index (κ2) is 3.22. The van der Waals surface area contributed by atoms with Gasteiger partial charge < -0.3 is 4.74 Å². The smallest absolute Gasteiger partial charge is 0.103 e. The average Bonchev–Trinajstić information content (AvgIpc) is 2.67. The molecule has 0 saturated carbocycles. The van der Waals surface area contributed by atoms with Crippen molar-refractivity contribution >= 4 is 0 Å². The minimum atomic E-state index is 0.355. The fourth-order valence-corrected chi connectivity index (χ4v) is 1.13. The highest BCUT2D eigenvalue weighted by molar-refractivity contribution is 5.18. The van der Waals surface area contributed by atoms with Crippen molar-refractivity contribution in [2.24, 2.45) is 5.92 Å². The van der Waals surface area contributed by atoms with E-state index in [0.717, 1.165) is 0 Å². The molecular formula is C10H16O. The molecule has 0 amide bonds. The van der Waals surface area contributed by atoms with E-state index in [2.05, 4.69) is 26.5 Å². The number of ether oxygens (including phenoxy) is 1. The van der Waals surface area contributed by atoms with Crippen LogP contribution in [-0.4, -0.2) is 12.2 Å². The highest BCUT2D eigenvalue weighted by Gasteiger charge is 2.38. The van der Waals surface area contributed by atoms with E-state index in [4.69, 9.17) is 4.74 Å². The van der Waals surface area contributed by atoms with Crippen LogP contribution in [0.3, 0.4) is 0 Å². The van der Waals surface area contributed by atoms with Crippen molar-refractivity contribution in [3.63, 3.8) is 0 Å². The fourth-order valence-electron chi connectivity index (χ4n) is 1.13. The Balaban J connectivity index is 2.39. The first-order chi connectivity index (χ1) is 5.15. The lowest BCUT2D eigenvalue weighted by Crippen LogP contribution is -2.00. The van der Waals surface area contributed by atoms with E-state index in [9.17, 15) is 0 Å². The Bertz CT molecular complexity index is 179. The molecule has 0 aromatic rings. The van der Waals surface area contributed by atoms with Gasteiger partial charge in [0.2, 0.25) is 0 Å². The quantitative estimate of drug-likeness (QED) is 0.447. The standard InChI is InChI=1S/C10H16O/c1-5-8(4)6-9-10(11-9)7(2)3/h5-7,9-10H,1H2,2-4H3. The van der Waals surface area contributed by atoms with Crippen molar-refractivity contribution in [2.75, 3.05) is 0 Å². The Morgan fingerprint density at radius 1 is 1.55 bits per heavy atom. The van der Waals surface area contributed by atoms with Crippen LogP contribution >= 0.6 is 0 Å². The Morgan fingerprint density at radius 2 is 2.18 bits per heavy atom. The molecule has 1 nitrogen and oxygen atoms in total. The van der Waals surface area contributed by atoms with Gasteiger partial charge in [-0.2, -0.15) is 0 Å². The predicted octanol–water partition coefficient (Wildman–Crippen LogP) is 2.54. The summed E-state index contributed by atoms with van der Waals surface area (Å²) < 4.78 is 5.43. The Labute approximate surface area is 68.8 Å². The molecule has 62 valence electrons. The van der Waals surface area contributed by atoms with Gasteiger partial charge in [0.1, 0.15) is 6.10 Å². The van der Waals surface area contributed by atoms with E-state index in [-0.39, 0.29) is 0 Å². The first-order valence-electron chi connectivity index (χ1n) is 4.11. The minimum Gasteiger partial charge on any atom is -0.365 e. The zero-order valence-corrected chi connectivity index (χ0v) is 7.50. The molecular weight excluding hydrogens is 136 g/mol. The first kappa shape index (κ1) is 8.54. The zero-order chi connectivity index (χ0) is 8.43. The highest BCUT2D eigenvalue weighted by atomic mass is 16.6. The van der Waals surface area contributed by atoms with Crippen LogP contribution in [0.1, 0.15) is 20.8 Å². The maximum atomic E-state index is 5.43. The highest BCUT2D eigenvalue weighted by Crippen LogP contribution is 2.30. The lowest BCUT2D eigenvalue weighted by molar-refractivity contribution is 0.345. The summed E-state index contributed by atoms with van der Waals surface area (Å²) in [6, 6.07) is 0. The van der Waals surface area contributed by atoms with E-state index in [1.54, 1.807) is 0 Å². The zero-order valence-electron chi connectivity index (χ0n) is 7.50. The van der Waals surface area contributed by atoms with Gasteiger partial charge >= 0.3 is 0 Å². The summed E-state index contributed by atoms with van der Waals surface area (Å²) in [5.74, 6) is 0.633. The fraction of sp³-hybridized carbons (Fsp3) is 0.600. The van der Waals surface area contributed by atoms with E-state index in [1.807, 2.05) is 13.0 Å². The van der Waals surface area contributed by atoms with Gasteiger partial charge in [0.25, 0.3) is 0 Å². The average molecular weight is 152 g/mol. The first-order valence-corrected chi connectivity index (χ1v) is 4.11. The molecule has 0 aromatic heterocycles. The lowest BCUT2D eigenvalue weighted by Gasteiger charge is -1.94. The summed E-state index contributed by atoms with van der Waals surface area (Å²) >= 11 is 0. The topological polar surface area (TPSA) is 12.5 Å². The van der Waals surface area contributed by atoms with E-state index >= 15 is 0 Å². The van der Waals surface area contributed by atoms with Gasteiger partial charge in [-0.25, -0.2) is 0 Å². The summed E-state index contributed by atoms with van der Waals surface area (Å²) in [5, 5.41) is 0. The molecule has 1 rings (SSSR count). The lowest BCUT2D eigenvalue weighted by atomic mass is 10.1. The number of hydrogen-bond donors (Lipinski definition) is 0. The van der Waals surface area contributed by atoms with Gasteiger partial charge in [0.05, 0.1) is 6.10 Å². The van der Waals surface area contributed by atoms with Gasteiger partial charge in [0.15, 0.2) is 0 Å². The van der Waals surface area contributed by atoms with Crippen LogP contribution in [0.15, 0.2) is 24.3 Å². The monoisotopic (exact) mass is 152 g/mol. The number of hydrogen-bond acceptors (Lipinski definition) is 1. The van der Waals surface area contributed by atoms with Crippen molar-refractivity contribution in [1.82, 2.24) is 0 Å². The molecule has 11 heavy (non-hydrogen) atoms. The molecule has 1 heterocycles. The second-order valence-electron chi connectivity index (χ2n) is 3.42. The number of rotatable bonds is 3. The molecule has 0 N–H and O–H groups in total. The number of epoxide rings is 1. The van der Waals surface area contributed by atoms with Gasteiger partial charge in [-0.3, -0.25) is 0 Å². The van der Waals surface area contributed by atoms with Gasteiger partial charge in [-0.05, 0) is 12.8 Å². The van der Waals surface area contributed by atoms with Gasteiger partial charge in [0, 0.05) is 0 Å². The van der Waals surface area contributed by atoms with Crippen LogP contribution in [0.25, 0.3) is 0 Å². The third kappa shape index (κ3) is 2.19. The Kier molecular flexibility index (Phi) is 2.50. The van der Waals surface area contributed by atoms with Gasteiger partial charge in [-0.15, -0.1) is 0 Å². The van der Waals surface area contributed by atoms with Crippen LogP contribution in [-0.2, 0) is 4.74 Å². The maximum absolute atomic E-state index is 5.43. The summed E-state index contributed by atoms with van der Waals surface area (Å²) in [4.78, 5) is 0. The van der Waals surface area contributed by atoms with E-state index in [1.165, 1.54) is 5.57 Å². The van der Waals surface area contributed by atoms with Crippen molar-refractivity contribution in [1.29, 1.82) is 0 Å². The largest absolute Gasteiger partial charge is 0.365 e. The van der Waals surface area contributed by atoms with Crippen LogP contribution < -0.4 is 0 Å². The normalized spacial score (nSPS) is 30.7. The molecule has 2 atom stereocenters. The van der Waals surface area contributed by atoms with Crippen molar-refractivity contribution in [3.8, 4) is 0 Å². The van der Waals surface area contributed by atoms with Crippen LogP contribution in [0.2, 0.25) is 0 Å². The molecule has 0 radical (unpaired) electrons. The van der Waals surface area contributed by atoms with Crippen molar-refractivity contribution in [2.45, 2.75) is 33.0 Å². The molecule has 2 unspecified atom stereocenters. The molecule has 1 saturated heterocycles. The number of allylic oxidation sites excluding steroid dienone is 2. The second-order valence-corrected chi connectivity index (χ2v) is 3.42. The van der Waals surface area contributed by atoms with Gasteiger partial charge in [-0.1, -0.05) is 38.2 Å². The molecule has 0 aromatic carbocycles. The van der Waals surface area contributed by atoms with Crippen LogP contribution in [0.4, 0.5) is 0 Å². The Hall–Kier alpha value is -0.560. The van der Waals surface area contributed by atoms with Crippen LogP contribution in [0.5, 0.6) is 0 Å². The molecule has 0 aliphatic carbocycles.